The van der Waals surface area contributed by atoms with Crippen molar-refractivity contribution in [1.82, 2.24) is 19.9 Å². The minimum absolute atomic E-state index is 0.142. The van der Waals surface area contributed by atoms with Crippen LogP contribution >= 0.6 is 0 Å². The van der Waals surface area contributed by atoms with Gasteiger partial charge in [-0.15, -0.1) is 0 Å². The number of carbonyl (C=O) groups is 1. The molecule has 3 rings (SSSR count). The monoisotopic (exact) mass is 362 g/mol. The second kappa shape index (κ2) is 6.52. The number of nitriles is 1. The second-order valence-electron chi connectivity index (χ2n) is 6.76. The number of hydrogen-bond donors (Lipinski definition) is 1. The van der Waals surface area contributed by atoms with E-state index in [-0.39, 0.29) is 12.8 Å². The van der Waals surface area contributed by atoms with Crippen LogP contribution in [0.4, 0.5) is 14.6 Å². The molecule has 1 aliphatic rings. The van der Waals surface area contributed by atoms with E-state index >= 15 is 0 Å². The Morgan fingerprint density at radius 3 is 2.96 bits per heavy atom. The lowest BCUT2D eigenvalue weighted by molar-refractivity contribution is -0.237. The zero-order chi connectivity index (χ0) is 18.9. The molecule has 0 aromatic carbocycles. The number of aromatic amines is 1. The molecule has 1 N–H and O–H groups in total. The smallest absolute Gasteiger partial charge is 0.287 e. The van der Waals surface area contributed by atoms with Crippen molar-refractivity contribution in [3.8, 4) is 6.07 Å². The van der Waals surface area contributed by atoms with Gasteiger partial charge < -0.3 is 14.8 Å². The number of H-pyrrole nitrogens is 1. The molecule has 26 heavy (non-hydrogen) atoms. The minimum Gasteiger partial charge on any atom is -0.359 e. The molecular weight excluding hydrogens is 342 g/mol. The predicted octanol–water partition coefficient (Wildman–Crippen LogP) is 2.32. The van der Waals surface area contributed by atoms with E-state index in [4.69, 9.17) is 5.26 Å². The highest BCUT2D eigenvalue weighted by atomic mass is 19.3. The van der Waals surface area contributed by atoms with Crippen LogP contribution in [0.1, 0.15) is 26.2 Å². The topological polar surface area (TPSA) is 88.9 Å². The number of aromatic nitrogens is 3. The van der Waals surface area contributed by atoms with E-state index < -0.39 is 23.9 Å². The number of likely N-dealkylation sites (tertiary alicyclic amines) is 1. The van der Waals surface area contributed by atoms with E-state index in [1.54, 1.807) is 12.3 Å². The molecule has 1 atom stereocenters. The van der Waals surface area contributed by atoms with Crippen molar-refractivity contribution < 1.29 is 13.6 Å². The molecule has 138 valence electrons. The van der Waals surface area contributed by atoms with E-state index in [9.17, 15) is 13.6 Å². The highest BCUT2D eigenvalue weighted by Gasteiger charge is 2.65. The third-order valence-electron chi connectivity index (χ3n) is 5.12. The molecule has 9 heteroatoms. The number of rotatable bonds is 6. The molecule has 2 aromatic rings. The molecule has 2 aromatic heterocycles. The average Bonchev–Trinajstić information content (AvgIpc) is 3.08. The van der Waals surface area contributed by atoms with Gasteiger partial charge in [-0.05, 0) is 25.8 Å². The van der Waals surface area contributed by atoms with Crippen LogP contribution in [0.25, 0.3) is 11.0 Å². The molecule has 7 nitrogen and oxygen atoms in total. The summed E-state index contributed by atoms with van der Waals surface area (Å²) in [6.45, 7) is 1.28. The van der Waals surface area contributed by atoms with Gasteiger partial charge in [0, 0.05) is 19.8 Å². The molecular formula is C17H20F2N6O. The van der Waals surface area contributed by atoms with Crippen molar-refractivity contribution in [3.63, 3.8) is 0 Å². The Morgan fingerprint density at radius 1 is 1.50 bits per heavy atom. The first-order chi connectivity index (χ1) is 12.3. The number of fused-ring (bicyclic) bond motifs is 1. The SMILES string of the molecule is CN(CCC[C@]1(C)N(C(=O)CC#N)CC1(F)F)c1ncnc2[nH]ccc12. The minimum atomic E-state index is -2.94. The van der Waals surface area contributed by atoms with Gasteiger partial charge in [-0.1, -0.05) is 0 Å². The summed E-state index contributed by atoms with van der Waals surface area (Å²) in [7, 11) is 1.84. The molecule has 0 aliphatic carbocycles. The van der Waals surface area contributed by atoms with Gasteiger partial charge in [0.15, 0.2) is 0 Å². The molecule has 3 heterocycles. The van der Waals surface area contributed by atoms with Crippen molar-refractivity contribution in [3.05, 3.63) is 18.6 Å². The van der Waals surface area contributed by atoms with Crippen LogP contribution in [0.2, 0.25) is 0 Å². The standard InChI is InChI=1S/C17H20F2N6O/c1-16(17(18,19)10-25(16)13(26)4-7-20)6-3-9-24(2)15-12-5-8-21-14(12)22-11-23-15/h5,8,11H,3-4,6,9-10H2,1-2H3,(H,21,22,23)/t16-/m0/s1. The highest BCUT2D eigenvalue weighted by Crippen LogP contribution is 2.47. The Morgan fingerprint density at radius 2 is 2.27 bits per heavy atom. The zero-order valence-electron chi connectivity index (χ0n) is 14.7. The van der Waals surface area contributed by atoms with Gasteiger partial charge in [0.25, 0.3) is 5.92 Å². The van der Waals surface area contributed by atoms with Crippen LogP contribution in [0.5, 0.6) is 0 Å². The first-order valence-electron chi connectivity index (χ1n) is 8.34. The summed E-state index contributed by atoms with van der Waals surface area (Å²) >= 11 is 0. The molecule has 0 unspecified atom stereocenters. The van der Waals surface area contributed by atoms with Crippen molar-refractivity contribution in [2.75, 3.05) is 25.0 Å². The van der Waals surface area contributed by atoms with Crippen molar-refractivity contribution in [1.29, 1.82) is 5.26 Å². The maximum absolute atomic E-state index is 14.1. The number of anilines is 1. The summed E-state index contributed by atoms with van der Waals surface area (Å²) in [5.41, 5.74) is -0.829. The average molecular weight is 362 g/mol. The summed E-state index contributed by atoms with van der Waals surface area (Å²) in [4.78, 5) is 26.3. The molecule has 0 saturated carbocycles. The Labute approximate surface area is 149 Å². The lowest BCUT2D eigenvalue weighted by Gasteiger charge is -2.56. The number of alkyl halides is 2. The number of amides is 1. The summed E-state index contributed by atoms with van der Waals surface area (Å²) in [5.74, 6) is -2.77. The largest absolute Gasteiger partial charge is 0.359 e. The fourth-order valence-electron chi connectivity index (χ4n) is 3.42. The summed E-state index contributed by atoms with van der Waals surface area (Å²) < 4.78 is 28.3. The Kier molecular flexibility index (Phi) is 4.52. The number of halogens is 2. The van der Waals surface area contributed by atoms with E-state index in [0.717, 1.165) is 16.1 Å². The van der Waals surface area contributed by atoms with Crippen LogP contribution in [0.3, 0.4) is 0 Å². The Hall–Kier alpha value is -2.76. The number of hydrogen-bond acceptors (Lipinski definition) is 5. The maximum atomic E-state index is 14.1. The second-order valence-corrected chi connectivity index (χ2v) is 6.76. The van der Waals surface area contributed by atoms with Gasteiger partial charge in [0.1, 0.15) is 29.8 Å². The molecule has 1 fully saturated rings. The normalized spacial score (nSPS) is 21.3. The van der Waals surface area contributed by atoms with E-state index in [1.807, 2.05) is 18.0 Å². The van der Waals surface area contributed by atoms with Gasteiger partial charge in [-0.2, -0.15) is 5.26 Å². The van der Waals surface area contributed by atoms with Crippen molar-refractivity contribution in [2.24, 2.45) is 0 Å². The number of nitrogens with zero attached hydrogens (tertiary/aromatic N) is 5. The molecule has 0 radical (unpaired) electrons. The fourth-order valence-corrected chi connectivity index (χ4v) is 3.42. The predicted molar refractivity (Wildman–Crippen MR) is 91.7 cm³/mol. The van der Waals surface area contributed by atoms with Crippen LogP contribution in [0.15, 0.2) is 18.6 Å². The lowest BCUT2D eigenvalue weighted by Crippen LogP contribution is -2.75. The third kappa shape index (κ3) is 2.85. The van der Waals surface area contributed by atoms with Gasteiger partial charge in [0.05, 0.1) is 18.0 Å². The first-order valence-corrected chi connectivity index (χ1v) is 8.34. The number of carbonyl (C=O) groups excluding carboxylic acids is 1. The van der Waals surface area contributed by atoms with Gasteiger partial charge >= 0.3 is 0 Å². The van der Waals surface area contributed by atoms with E-state index in [2.05, 4.69) is 15.0 Å². The third-order valence-corrected chi connectivity index (χ3v) is 5.12. The molecule has 0 bridgehead atoms. The molecule has 1 aliphatic heterocycles. The molecule has 1 amide bonds. The maximum Gasteiger partial charge on any atom is 0.287 e. The highest BCUT2D eigenvalue weighted by molar-refractivity contribution is 5.87. The van der Waals surface area contributed by atoms with Gasteiger partial charge in [-0.25, -0.2) is 18.7 Å². The van der Waals surface area contributed by atoms with Gasteiger partial charge in [0.2, 0.25) is 5.91 Å². The van der Waals surface area contributed by atoms with Gasteiger partial charge in [-0.3, -0.25) is 4.79 Å². The van der Waals surface area contributed by atoms with Crippen molar-refractivity contribution >= 4 is 22.8 Å². The molecule has 0 spiro atoms. The van der Waals surface area contributed by atoms with E-state index in [1.165, 1.54) is 13.3 Å². The molecule has 1 saturated heterocycles. The van der Waals surface area contributed by atoms with E-state index in [0.29, 0.717) is 18.6 Å². The van der Waals surface area contributed by atoms with Crippen LogP contribution < -0.4 is 4.90 Å². The summed E-state index contributed by atoms with van der Waals surface area (Å²) in [6, 6.07) is 3.60. The number of nitrogens with one attached hydrogen (secondary N) is 1. The van der Waals surface area contributed by atoms with Crippen LogP contribution in [-0.4, -0.2) is 57.4 Å². The Bertz CT molecular complexity index is 860. The van der Waals surface area contributed by atoms with Crippen LogP contribution in [-0.2, 0) is 4.79 Å². The summed E-state index contributed by atoms with van der Waals surface area (Å²) in [5, 5.41) is 9.50. The fraction of sp³-hybridized carbons (Fsp3) is 0.529. The summed E-state index contributed by atoms with van der Waals surface area (Å²) in [6.07, 6.45) is 3.44. The van der Waals surface area contributed by atoms with Crippen molar-refractivity contribution in [2.45, 2.75) is 37.6 Å². The Balaban J connectivity index is 1.65. The zero-order valence-corrected chi connectivity index (χ0v) is 14.7. The first kappa shape index (κ1) is 18.0. The lowest BCUT2D eigenvalue weighted by atomic mass is 9.78. The van der Waals surface area contributed by atoms with Crippen LogP contribution in [0, 0.1) is 11.3 Å². The quantitative estimate of drug-likeness (QED) is 0.852.